The molecule has 0 saturated heterocycles. The van der Waals surface area contributed by atoms with E-state index >= 15 is 0 Å². The van der Waals surface area contributed by atoms with Gasteiger partial charge in [-0.3, -0.25) is 0 Å². The van der Waals surface area contributed by atoms with Gasteiger partial charge in [0.05, 0.1) is 5.60 Å². The van der Waals surface area contributed by atoms with Crippen LogP contribution in [0, 0.1) is 11.6 Å². The smallest absolute Gasteiger partial charge is 0.126 e. The molecule has 0 aliphatic heterocycles. The van der Waals surface area contributed by atoms with Crippen LogP contribution in [0.3, 0.4) is 0 Å². The van der Waals surface area contributed by atoms with Crippen LogP contribution in [-0.4, -0.2) is 25.3 Å². The van der Waals surface area contributed by atoms with Crippen LogP contribution >= 0.6 is 0 Å². The highest BCUT2D eigenvalue weighted by atomic mass is 19.1. The van der Waals surface area contributed by atoms with Gasteiger partial charge in [-0.05, 0) is 49.6 Å². The number of benzene rings is 1. The third-order valence-corrected chi connectivity index (χ3v) is 4.12. The van der Waals surface area contributed by atoms with Crippen LogP contribution in [0.25, 0.3) is 0 Å². The maximum absolute atomic E-state index is 13.8. The normalized spacial score (nSPS) is 13.5. The summed E-state index contributed by atoms with van der Waals surface area (Å²) in [4.78, 5) is 0. The third kappa shape index (κ3) is 3.76. The zero-order chi connectivity index (χ0) is 15.2. The third-order valence-electron chi connectivity index (χ3n) is 4.12. The average molecular weight is 285 g/mol. The Bertz CT molecular complexity index is 411. The van der Waals surface area contributed by atoms with Gasteiger partial charge in [0, 0.05) is 13.2 Å². The SMILES string of the molecule is CCNC(Cc1cc(F)ccc1F)C(CC)(CC)OC. The molecule has 0 spiro atoms. The lowest BCUT2D eigenvalue weighted by atomic mass is 9.84. The maximum atomic E-state index is 13.8. The zero-order valence-electron chi connectivity index (χ0n) is 12.8. The number of halogens is 2. The Morgan fingerprint density at radius 2 is 1.85 bits per heavy atom. The second kappa shape index (κ2) is 7.70. The van der Waals surface area contributed by atoms with Crippen molar-refractivity contribution < 1.29 is 13.5 Å². The Morgan fingerprint density at radius 1 is 1.20 bits per heavy atom. The Balaban J connectivity index is 3.05. The lowest BCUT2D eigenvalue weighted by Gasteiger charge is -2.39. The van der Waals surface area contributed by atoms with Crippen LogP contribution in [0.5, 0.6) is 0 Å². The van der Waals surface area contributed by atoms with Crippen LogP contribution < -0.4 is 5.32 Å². The van der Waals surface area contributed by atoms with Crippen molar-refractivity contribution in [2.75, 3.05) is 13.7 Å². The molecule has 1 rings (SSSR count). The van der Waals surface area contributed by atoms with E-state index in [2.05, 4.69) is 19.2 Å². The molecule has 4 heteroatoms. The molecule has 0 amide bonds. The summed E-state index contributed by atoms with van der Waals surface area (Å²) in [5, 5.41) is 3.36. The van der Waals surface area contributed by atoms with Gasteiger partial charge < -0.3 is 10.1 Å². The monoisotopic (exact) mass is 285 g/mol. The number of nitrogens with one attached hydrogen (secondary N) is 1. The molecular formula is C16H25F2NO. The lowest BCUT2D eigenvalue weighted by Crippen LogP contribution is -2.52. The van der Waals surface area contributed by atoms with E-state index in [1.807, 2.05) is 6.92 Å². The molecule has 0 radical (unpaired) electrons. The van der Waals surface area contributed by atoms with Crippen molar-refractivity contribution in [2.45, 2.75) is 51.7 Å². The van der Waals surface area contributed by atoms with Crippen LogP contribution in [0.4, 0.5) is 8.78 Å². The van der Waals surface area contributed by atoms with Crippen molar-refractivity contribution in [3.63, 3.8) is 0 Å². The summed E-state index contributed by atoms with van der Waals surface area (Å²) in [6.07, 6.45) is 2.04. The van der Waals surface area contributed by atoms with Crippen LogP contribution in [0.2, 0.25) is 0 Å². The van der Waals surface area contributed by atoms with Gasteiger partial charge in [-0.15, -0.1) is 0 Å². The summed E-state index contributed by atoms with van der Waals surface area (Å²) in [7, 11) is 1.68. The average Bonchev–Trinajstić information content (AvgIpc) is 2.45. The van der Waals surface area contributed by atoms with E-state index in [0.29, 0.717) is 12.0 Å². The van der Waals surface area contributed by atoms with E-state index in [4.69, 9.17) is 4.74 Å². The van der Waals surface area contributed by atoms with Crippen LogP contribution in [0.15, 0.2) is 18.2 Å². The van der Waals surface area contributed by atoms with Crippen molar-refractivity contribution >= 4 is 0 Å². The van der Waals surface area contributed by atoms with Gasteiger partial charge in [0.25, 0.3) is 0 Å². The van der Waals surface area contributed by atoms with Gasteiger partial charge in [0.1, 0.15) is 11.6 Å². The summed E-state index contributed by atoms with van der Waals surface area (Å²) in [5.74, 6) is -0.779. The molecule has 20 heavy (non-hydrogen) atoms. The maximum Gasteiger partial charge on any atom is 0.126 e. The molecule has 0 aliphatic rings. The summed E-state index contributed by atoms with van der Waals surface area (Å²) in [6, 6.07) is 3.54. The lowest BCUT2D eigenvalue weighted by molar-refractivity contribution is -0.0470. The highest BCUT2D eigenvalue weighted by Crippen LogP contribution is 2.27. The van der Waals surface area contributed by atoms with E-state index in [9.17, 15) is 8.78 Å². The van der Waals surface area contributed by atoms with Gasteiger partial charge in [0.2, 0.25) is 0 Å². The van der Waals surface area contributed by atoms with Gasteiger partial charge in [-0.2, -0.15) is 0 Å². The molecule has 1 atom stereocenters. The van der Waals surface area contributed by atoms with Crippen molar-refractivity contribution in [2.24, 2.45) is 0 Å². The fourth-order valence-electron chi connectivity index (χ4n) is 2.78. The highest BCUT2D eigenvalue weighted by molar-refractivity contribution is 5.21. The topological polar surface area (TPSA) is 21.3 Å². The second-order valence-corrected chi connectivity index (χ2v) is 5.03. The number of methoxy groups -OCH3 is 1. The van der Waals surface area contributed by atoms with E-state index < -0.39 is 5.82 Å². The number of ether oxygens (including phenoxy) is 1. The number of rotatable bonds is 8. The van der Waals surface area contributed by atoms with Crippen molar-refractivity contribution in [3.8, 4) is 0 Å². The first-order chi connectivity index (χ1) is 9.52. The molecule has 1 aromatic carbocycles. The minimum Gasteiger partial charge on any atom is -0.377 e. The van der Waals surface area contributed by atoms with Gasteiger partial charge >= 0.3 is 0 Å². The molecule has 1 N–H and O–H groups in total. The predicted molar refractivity (Wildman–Crippen MR) is 77.8 cm³/mol. The van der Waals surface area contributed by atoms with E-state index in [1.54, 1.807) is 7.11 Å². The number of hydrogen-bond acceptors (Lipinski definition) is 2. The Morgan fingerprint density at radius 3 is 2.35 bits per heavy atom. The highest BCUT2D eigenvalue weighted by Gasteiger charge is 2.35. The summed E-state index contributed by atoms with van der Waals surface area (Å²) in [5.41, 5.74) is 0.0219. The molecule has 0 aromatic heterocycles. The number of likely N-dealkylation sites (N-methyl/N-ethyl adjacent to an activating group) is 1. The molecule has 0 aliphatic carbocycles. The van der Waals surface area contributed by atoms with Crippen molar-refractivity contribution in [3.05, 3.63) is 35.4 Å². The molecule has 1 unspecified atom stereocenters. The van der Waals surface area contributed by atoms with Gasteiger partial charge in [-0.1, -0.05) is 20.8 Å². The molecule has 2 nitrogen and oxygen atoms in total. The first kappa shape index (κ1) is 17.1. The van der Waals surface area contributed by atoms with Gasteiger partial charge in [-0.25, -0.2) is 8.78 Å². The standard InChI is InChI=1S/C16H25F2NO/c1-5-16(6-2,20-4)15(19-7-3)11-12-10-13(17)8-9-14(12)18/h8-10,15,19H,5-7,11H2,1-4H3. The van der Waals surface area contributed by atoms with E-state index in [1.165, 1.54) is 12.1 Å². The molecule has 0 saturated carbocycles. The minimum atomic E-state index is -0.410. The van der Waals surface area contributed by atoms with Crippen molar-refractivity contribution in [1.82, 2.24) is 5.32 Å². The predicted octanol–water partition coefficient (Wildman–Crippen LogP) is 3.69. The molecule has 0 bridgehead atoms. The summed E-state index contributed by atoms with van der Waals surface area (Å²) >= 11 is 0. The van der Waals surface area contributed by atoms with Crippen molar-refractivity contribution in [1.29, 1.82) is 0 Å². The summed E-state index contributed by atoms with van der Waals surface area (Å²) < 4.78 is 32.9. The first-order valence-corrected chi connectivity index (χ1v) is 7.25. The minimum absolute atomic E-state index is 0.0520. The van der Waals surface area contributed by atoms with Gasteiger partial charge in [0.15, 0.2) is 0 Å². The largest absolute Gasteiger partial charge is 0.377 e. The molecule has 0 fully saturated rings. The fourth-order valence-corrected chi connectivity index (χ4v) is 2.78. The Kier molecular flexibility index (Phi) is 6.56. The Labute approximate surface area is 120 Å². The molecule has 1 aromatic rings. The van der Waals surface area contributed by atoms with E-state index in [0.717, 1.165) is 25.5 Å². The van der Waals surface area contributed by atoms with E-state index in [-0.39, 0.29) is 17.5 Å². The fraction of sp³-hybridized carbons (Fsp3) is 0.625. The quantitative estimate of drug-likeness (QED) is 0.786. The molecule has 0 heterocycles. The number of hydrogen-bond donors (Lipinski definition) is 1. The molecular weight excluding hydrogens is 260 g/mol. The van der Waals surface area contributed by atoms with Crippen LogP contribution in [-0.2, 0) is 11.2 Å². The molecule has 114 valence electrons. The van der Waals surface area contributed by atoms with Crippen LogP contribution in [0.1, 0.15) is 39.2 Å². The second-order valence-electron chi connectivity index (χ2n) is 5.03. The summed E-state index contributed by atoms with van der Waals surface area (Å²) in [6.45, 7) is 6.87. The zero-order valence-corrected chi connectivity index (χ0v) is 12.8. The first-order valence-electron chi connectivity index (χ1n) is 7.25. The Hall–Kier alpha value is -1.00.